The molecule has 1 spiro atoms. The Morgan fingerprint density at radius 1 is 1.48 bits per heavy atom. The molecule has 0 radical (unpaired) electrons. The number of aryl methyl sites for hydroxylation is 1. The molecule has 1 aromatic rings. The Hall–Kier alpha value is -0.490. The molecule has 0 amide bonds. The minimum absolute atomic E-state index is 0.137. The zero-order valence-electron chi connectivity index (χ0n) is 13.1. The minimum Gasteiger partial charge on any atom is -0.385 e. The fourth-order valence-corrected chi connectivity index (χ4v) is 4.59. The lowest BCUT2D eigenvalue weighted by atomic mass is 9.78. The summed E-state index contributed by atoms with van der Waals surface area (Å²) in [5.74, 6) is 0.685. The van der Waals surface area contributed by atoms with Crippen LogP contribution in [0.25, 0.3) is 0 Å². The van der Waals surface area contributed by atoms with E-state index >= 15 is 0 Å². The zero-order chi connectivity index (χ0) is 14.7. The van der Waals surface area contributed by atoms with E-state index in [9.17, 15) is 0 Å². The van der Waals surface area contributed by atoms with E-state index in [-0.39, 0.29) is 5.60 Å². The SMILES string of the molecule is COCC[C@H]1CCOC12CCN(Cc1scnc1C)CC2. The van der Waals surface area contributed by atoms with Crippen molar-refractivity contribution in [2.45, 2.75) is 44.8 Å². The third kappa shape index (κ3) is 3.31. The maximum atomic E-state index is 6.21. The number of hydrogen-bond acceptors (Lipinski definition) is 5. The molecule has 0 bridgehead atoms. The Labute approximate surface area is 131 Å². The largest absolute Gasteiger partial charge is 0.385 e. The highest BCUT2D eigenvalue weighted by atomic mass is 32.1. The lowest BCUT2D eigenvalue weighted by molar-refractivity contribution is -0.0720. The van der Waals surface area contributed by atoms with Gasteiger partial charge in [-0.1, -0.05) is 0 Å². The van der Waals surface area contributed by atoms with Crippen LogP contribution in [0.5, 0.6) is 0 Å². The van der Waals surface area contributed by atoms with Gasteiger partial charge in [-0.25, -0.2) is 4.98 Å². The Bertz CT molecular complexity index is 455. The molecule has 0 aromatic carbocycles. The summed E-state index contributed by atoms with van der Waals surface area (Å²) in [7, 11) is 1.79. The molecular weight excluding hydrogens is 284 g/mol. The quantitative estimate of drug-likeness (QED) is 0.837. The van der Waals surface area contributed by atoms with Crippen molar-refractivity contribution >= 4 is 11.3 Å². The van der Waals surface area contributed by atoms with Gasteiger partial charge in [0.1, 0.15) is 0 Å². The lowest BCUT2D eigenvalue weighted by Crippen LogP contribution is -2.47. The van der Waals surface area contributed by atoms with E-state index < -0.39 is 0 Å². The van der Waals surface area contributed by atoms with Crippen molar-refractivity contribution in [3.05, 3.63) is 16.1 Å². The first kappa shape index (κ1) is 15.4. The summed E-state index contributed by atoms with van der Waals surface area (Å²) in [6.45, 7) is 7.23. The molecule has 0 unspecified atom stereocenters. The second-order valence-electron chi connectivity index (χ2n) is 6.32. The number of rotatable bonds is 5. The van der Waals surface area contributed by atoms with Crippen LogP contribution in [0.1, 0.15) is 36.3 Å². The van der Waals surface area contributed by atoms with E-state index in [1.807, 2.05) is 5.51 Å². The van der Waals surface area contributed by atoms with Crippen molar-refractivity contribution in [1.82, 2.24) is 9.88 Å². The molecule has 5 heteroatoms. The minimum atomic E-state index is 0.137. The number of hydrogen-bond donors (Lipinski definition) is 0. The van der Waals surface area contributed by atoms with Crippen LogP contribution in [0, 0.1) is 12.8 Å². The van der Waals surface area contributed by atoms with Gasteiger partial charge >= 0.3 is 0 Å². The van der Waals surface area contributed by atoms with Crippen LogP contribution >= 0.6 is 11.3 Å². The fraction of sp³-hybridized carbons (Fsp3) is 0.812. The summed E-state index contributed by atoms with van der Waals surface area (Å²) >= 11 is 1.78. The highest BCUT2D eigenvalue weighted by Gasteiger charge is 2.45. The second kappa shape index (κ2) is 6.73. The molecule has 2 aliphatic heterocycles. The van der Waals surface area contributed by atoms with E-state index in [2.05, 4.69) is 16.8 Å². The van der Waals surface area contributed by atoms with Gasteiger partial charge in [0.05, 0.1) is 16.8 Å². The molecule has 4 nitrogen and oxygen atoms in total. The topological polar surface area (TPSA) is 34.6 Å². The van der Waals surface area contributed by atoms with Gasteiger partial charge in [-0.15, -0.1) is 11.3 Å². The molecule has 0 aliphatic carbocycles. The van der Waals surface area contributed by atoms with Crippen molar-refractivity contribution in [2.24, 2.45) is 5.92 Å². The molecule has 0 saturated carbocycles. The fourth-order valence-electron chi connectivity index (χ4n) is 3.78. The third-order valence-electron chi connectivity index (χ3n) is 5.18. The number of likely N-dealkylation sites (tertiary alicyclic amines) is 1. The predicted octanol–water partition coefficient (Wildman–Crippen LogP) is 2.86. The zero-order valence-corrected chi connectivity index (χ0v) is 14.0. The first-order valence-corrected chi connectivity index (χ1v) is 8.86. The summed E-state index contributed by atoms with van der Waals surface area (Å²) in [5, 5.41) is 0. The number of ether oxygens (including phenoxy) is 2. The number of thiazole rings is 1. The first-order chi connectivity index (χ1) is 10.2. The molecule has 2 aliphatic rings. The molecule has 21 heavy (non-hydrogen) atoms. The number of piperidine rings is 1. The van der Waals surface area contributed by atoms with E-state index in [0.29, 0.717) is 5.92 Å². The number of methoxy groups -OCH3 is 1. The highest BCUT2D eigenvalue weighted by molar-refractivity contribution is 7.09. The predicted molar refractivity (Wildman–Crippen MR) is 84.6 cm³/mol. The summed E-state index contributed by atoms with van der Waals surface area (Å²) in [5.41, 5.74) is 3.28. The smallest absolute Gasteiger partial charge is 0.0798 e. The maximum absolute atomic E-state index is 6.21. The third-order valence-corrected chi connectivity index (χ3v) is 6.10. The van der Waals surface area contributed by atoms with Crippen LogP contribution in [-0.2, 0) is 16.0 Å². The molecule has 2 saturated heterocycles. The standard InChI is InChI=1S/C16H26N2O2S/c1-13-15(21-12-17-13)11-18-7-5-16(6-8-18)14(3-9-19-2)4-10-20-16/h12,14H,3-11H2,1-2H3/t14-/m0/s1. The molecular formula is C16H26N2O2S. The van der Waals surface area contributed by atoms with Crippen LogP contribution in [0.2, 0.25) is 0 Å². The Kier molecular flexibility index (Phi) is 4.94. The molecule has 0 N–H and O–H groups in total. The van der Waals surface area contributed by atoms with Gasteiger partial charge in [-0.05, 0) is 38.5 Å². The molecule has 2 fully saturated rings. The monoisotopic (exact) mass is 310 g/mol. The summed E-state index contributed by atoms with van der Waals surface area (Å²) in [6, 6.07) is 0. The van der Waals surface area contributed by atoms with E-state index in [1.165, 1.54) is 29.8 Å². The molecule has 3 heterocycles. The molecule has 118 valence electrons. The van der Waals surface area contributed by atoms with Crippen molar-refractivity contribution < 1.29 is 9.47 Å². The van der Waals surface area contributed by atoms with Crippen molar-refractivity contribution in [3.63, 3.8) is 0 Å². The van der Waals surface area contributed by atoms with Gasteiger partial charge in [-0.2, -0.15) is 0 Å². The van der Waals surface area contributed by atoms with Crippen LogP contribution < -0.4 is 0 Å². The van der Waals surface area contributed by atoms with Crippen LogP contribution in [-0.4, -0.2) is 48.9 Å². The average Bonchev–Trinajstić information content (AvgIpc) is 3.07. The van der Waals surface area contributed by atoms with Crippen LogP contribution in [0.3, 0.4) is 0 Å². The Balaban J connectivity index is 1.55. The van der Waals surface area contributed by atoms with Crippen LogP contribution in [0.4, 0.5) is 0 Å². The first-order valence-electron chi connectivity index (χ1n) is 7.98. The van der Waals surface area contributed by atoms with E-state index in [1.54, 1.807) is 18.4 Å². The molecule has 1 aromatic heterocycles. The van der Waals surface area contributed by atoms with Gasteiger partial charge in [0.2, 0.25) is 0 Å². The summed E-state index contributed by atoms with van der Waals surface area (Å²) in [4.78, 5) is 8.32. The average molecular weight is 310 g/mol. The normalized spacial score (nSPS) is 25.7. The molecule has 1 atom stereocenters. The van der Waals surface area contributed by atoms with Gasteiger partial charge in [0, 0.05) is 44.8 Å². The maximum Gasteiger partial charge on any atom is 0.0798 e. The highest BCUT2D eigenvalue weighted by Crippen LogP contribution is 2.42. The Morgan fingerprint density at radius 2 is 2.29 bits per heavy atom. The number of nitrogens with zero attached hydrogens (tertiary/aromatic N) is 2. The second-order valence-corrected chi connectivity index (χ2v) is 7.26. The van der Waals surface area contributed by atoms with Gasteiger partial charge in [-0.3, -0.25) is 4.90 Å². The van der Waals surface area contributed by atoms with Crippen molar-refractivity contribution in [1.29, 1.82) is 0 Å². The van der Waals surface area contributed by atoms with Gasteiger partial charge in [0.25, 0.3) is 0 Å². The number of aromatic nitrogens is 1. The van der Waals surface area contributed by atoms with E-state index in [4.69, 9.17) is 9.47 Å². The Morgan fingerprint density at radius 3 is 2.95 bits per heavy atom. The van der Waals surface area contributed by atoms with E-state index in [0.717, 1.165) is 39.3 Å². The summed E-state index contributed by atoms with van der Waals surface area (Å²) in [6.07, 6.45) is 4.68. The summed E-state index contributed by atoms with van der Waals surface area (Å²) < 4.78 is 11.5. The van der Waals surface area contributed by atoms with Gasteiger partial charge < -0.3 is 9.47 Å². The lowest BCUT2D eigenvalue weighted by Gasteiger charge is -2.42. The van der Waals surface area contributed by atoms with Crippen molar-refractivity contribution in [2.75, 3.05) is 33.4 Å². The van der Waals surface area contributed by atoms with Crippen LogP contribution in [0.15, 0.2) is 5.51 Å². The van der Waals surface area contributed by atoms with Crippen molar-refractivity contribution in [3.8, 4) is 0 Å². The van der Waals surface area contributed by atoms with Gasteiger partial charge in [0.15, 0.2) is 0 Å². The molecule has 3 rings (SSSR count).